The first-order chi connectivity index (χ1) is 9.72. The molecule has 20 heavy (non-hydrogen) atoms. The fourth-order valence-electron chi connectivity index (χ4n) is 1.65. The van der Waals surface area contributed by atoms with E-state index in [0.29, 0.717) is 18.4 Å². The van der Waals surface area contributed by atoms with Crippen LogP contribution in [0, 0.1) is 0 Å². The summed E-state index contributed by atoms with van der Waals surface area (Å²) in [4.78, 5) is 12.3. The molecule has 3 rings (SSSR count). The molecule has 1 N–H and O–H groups in total. The van der Waals surface area contributed by atoms with Crippen molar-refractivity contribution in [2.75, 3.05) is 5.32 Å². The van der Waals surface area contributed by atoms with E-state index in [-0.39, 0.29) is 5.28 Å². The number of aromatic nitrogens is 7. The number of hydrogen-bond acceptors (Lipinski definition) is 6. The molecule has 0 aromatic carbocycles. The first-order valence-corrected chi connectivity index (χ1v) is 6.22. The highest BCUT2D eigenvalue weighted by atomic mass is 35.5. The van der Waals surface area contributed by atoms with Gasteiger partial charge in [0.1, 0.15) is 0 Å². The second kappa shape index (κ2) is 5.25. The topological polar surface area (TPSA) is 86.3 Å². The lowest BCUT2D eigenvalue weighted by molar-refractivity contribution is 0.717. The molecule has 0 amide bonds. The van der Waals surface area contributed by atoms with Gasteiger partial charge in [-0.3, -0.25) is 4.68 Å². The molecule has 0 aliphatic rings. The summed E-state index contributed by atoms with van der Waals surface area (Å²) in [6.45, 7) is 0.537. The minimum atomic E-state index is 0.109. The van der Waals surface area contributed by atoms with Gasteiger partial charge in [0.2, 0.25) is 11.2 Å². The Morgan fingerprint density at radius 3 is 2.80 bits per heavy atom. The van der Waals surface area contributed by atoms with Crippen molar-refractivity contribution in [1.82, 2.24) is 34.5 Å². The highest BCUT2D eigenvalue weighted by Crippen LogP contribution is 2.10. The molecule has 0 bridgehead atoms. The van der Waals surface area contributed by atoms with Crippen LogP contribution in [0.4, 0.5) is 5.95 Å². The van der Waals surface area contributed by atoms with E-state index in [1.165, 1.54) is 4.68 Å². The molecule has 3 aromatic heterocycles. The van der Waals surface area contributed by atoms with Crippen LogP contribution in [0.25, 0.3) is 5.95 Å². The van der Waals surface area contributed by atoms with Gasteiger partial charge >= 0.3 is 0 Å². The minimum Gasteiger partial charge on any atom is -0.348 e. The third kappa shape index (κ3) is 2.59. The predicted molar refractivity (Wildman–Crippen MR) is 72.5 cm³/mol. The van der Waals surface area contributed by atoms with Crippen LogP contribution in [0.5, 0.6) is 0 Å². The van der Waals surface area contributed by atoms with Crippen LogP contribution >= 0.6 is 11.6 Å². The van der Waals surface area contributed by atoms with Gasteiger partial charge in [0.25, 0.3) is 5.95 Å². The third-order valence-corrected chi connectivity index (χ3v) is 2.82. The summed E-state index contributed by atoms with van der Waals surface area (Å²) >= 11 is 5.90. The zero-order valence-corrected chi connectivity index (χ0v) is 11.4. The van der Waals surface area contributed by atoms with Gasteiger partial charge in [-0.2, -0.15) is 25.1 Å². The maximum Gasteiger partial charge on any atom is 0.256 e. The Labute approximate surface area is 119 Å². The molecule has 3 aromatic rings. The zero-order chi connectivity index (χ0) is 13.9. The van der Waals surface area contributed by atoms with Gasteiger partial charge in [-0.15, -0.1) is 0 Å². The van der Waals surface area contributed by atoms with Gasteiger partial charge in [0.15, 0.2) is 0 Å². The quantitative estimate of drug-likeness (QED) is 0.773. The smallest absolute Gasteiger partial charge is 0.256 e. The molecule has 0 atom stereocenters. The van der Waals surface area contributed by atoms with E-state index in [9.17, 15) is 0 Å². The number of anilines is 1. The standard InChI is InChI=1S/C11H11ClN8/c1-19-8(3-5-14-19)7-13-10-16-9(12)17-11(18-10)20-6-2-4-15-20/h2-6H,7H2,1H3,(H,13,16,17,18). The molecular formula is C11H11ClN8. The lowest BCUT2D eigenvalue weighted by Crippen LogP contribution is -2.11. The second-order valence-corrected chi connectivity index (χ2v) is 4.32. The summed E-state index contributed by atoms with van der Waals surface area (Å²) in [5, 5.41) is 11.3. The first-order valence-electron chi connectivity index (χ1n) is 5.85. The maximum absolute atomic E-state index is 5.90. The number of rotatable bonds is 4. The fraction of sp³-hybridized carbons (Fsp3) is 0.182. The molecule has 0 unspecified atom stereocenters. The van der Waals surface area contributed by atoms with E-state index in [1.807, 2.05) is 13.1 Å². The SMILES string of the molecule is Cn1nccc1CNc1nc(Cl)nc(-n2cccn2)n1. The van der Waals surface area contributed by atoms with Gasteiger partial charge in [0, 0.05) is 25.6 Å². The Morgan fingerprint density at radius 2 is 2.10 bits per heavy atom. The minimum absolute atomic E-state index is 0.109. The third-order valence-electron chi connectivity index (χ3n) is 2.66. The van der Waals surface area contributed by atoms with E-state index >= 15 is 0 Å². The van der Waals surface area contributed by atoms with E-state index in [2.05, 4.69) is 30.5 Å². The fourth-order valence-corrected chi connectivity index (χ4v) is 1.81. The highest BCUT2D eigenvalue weighted by molar-refractivity contribution is 6.28. The summed E-state index contributed by atoms with van der Waals surface area (Å²) in [5.41, 5.74) is 1.00. The van der Waals surface area contributed by atoms with Crippen LogP contribution in [-0.4, -0.2) is 34.5 Å². The van der Waals surface area contributed by atoms with Gasteiger partial charge < -0.3 is 5.32 Å². The number of hydrogen-bond donors (Lipinski definition) is 1. The Hall–Kier alpha value is -2.48. The van der Waals surface area contributed by atoms with Crippen LogP contribution in [0.2, 0.25) is 5.28 Å². The molecule has 0 fully saturated rings. The number of halogens is 1. The second-order valence-electron chi connectivity index (χ2n) is 3.98. The molecule has 0 aliphatic heterocycles. The normalized spacial score (nSPS) is 10.7. The maximum atomic E-state index is 5.90. The van der Waals surface area contributed by atoms with E-state index in [0.717, 1.165) is 5.69 Å². The molecule has 102 valence electrons. The molecule has 0 aliphatic carbocycles. The Bertz CT molecular complexity index is 705. The van der Waals surface area contributed by atoms with Crippen molar-refractivity contribution in [3.8, 4) is 5.95 Å². The van der Waals surface area contributed by atoms with Gasteiger partial charge in [-0.1, -0.05) is 0 Å². The van der Waals surface area contributed by atoms with Crippen molar-refractivity contribution >= 4 is 17.5 Å². The molecular weight excluding hydrogens is 280 g/mol. The largest absolute Gasteiger partial charge is 0.348 e. The van der Waals surface area contributed by atoms with Crippen molar-refractivity contribution in [2.45, 2.75) is 6.54 Å². The molecule has 3 heterocycles. The summed E-state index contributed by atoms with van der Waals surface area (Å²) in [6.07, 6.45) is 5.10. The number of aryl methyl sites for hydroxylation is 1. The van der Waals surface area contributed by atoms with Crippen LogP contribution in [0.3, 0.4) is 0 Å². The summed E-state index contributed by atoms with van der Waals surface area (Å²) in [6, 6.07) is 3.69. The van der Waals surface area contributed by atoms with Crippen LogP contribution in [-0.2, 0) is 13.6 Å². The summed E-state index contributed by atoms with van der Waals surface area (Å²) in [5.74, 6) is 0.749. The number of nitrogens with zero attached hydrogens (tertiary/aromatic N) is 7. The lowest BCUT2D eigenvalue weighted by atomic mass is 10.4. The Morgan fingerprint density at radius 1 is 1.20 bits per heavy atom. The van der Waals surface area contributed by atoms with E-state index in [4.69, 9.17) is 11.6 Å². The van der Waals surface area contributed by atoms with Crippen LogP contribution < -0.4 is 5.32 Å². The van der Waals surface area contributed by atoms with Gasteiger partial charge in [0.05, 0.1) is 12.2 Å². The average Bonchev–Trinajstić information content (AvgIpc) is 3.07. The average molecular weight is 291 g/mol. The highest BCUT2D eigenvalue weighted by Gasteiger charge is 2.07. The molecule has 9 heteroatoms. The van der Waals surface area contributed by atoms with E-state index < -0.39 is 0 Å². The zero-order valence-electron chi connectivity index (χ0n) is 10.6. The molecule has 0 saturated carbocycles. The molecule has 0 saturated heterocycles. The van der Waals surface area contributed by atoms with Crippen molar-refractivity contribution in [3.63, 3.8) is 0 Å². The van der Waals surface area contributed by atoms with Gasteiger partial charge in [-0.25, -0.2) is 4.68 Å². The number of nitrogens with one attached hydrogen (secondary N) is 1. The van der Waals surface area contributed by atoms with Crippen molar-refractivity contribution in [3.05, 3.63) is 41.7 Å². The monoisotopic (exact) mass is 290 g/mol. The van der Waals surface area contributed by atoms with Crippen molar-refractivity contribution < 1.29 is 0 Å². The molecule has 8 nitrogen and oxygen atoms in total. The lowest BCUT2D eigenvalue weighted by Gasteiger charge is -2.07. The van der Waals surface area contributed by atoms with Gasteiger partial charge in [-0.05, 0) is 23.7 Å². The van der Waals surface area contributed by atoms with Crippen LogP contribution in [0.15, 0.2) is 30.7 Å². The predicted octanol–water partition coefficient (Wildman–Crippen LogP) is 1.06. The van der Waals surface area contributed by atoms with E-state index in [1.54, 1.807) is 29.3 Å². The van der Waals surface area contributed by atoms with Crippen molar-refractivity contribution in [2.24, 2.45) is 7.05 Å². The first kappa shape index (κ1) is 12.5. The summed E-state index contributed by atoms with van der Waals surface area (Å²) in [7, 11) is 1.87. The van der Waals surface area contributed by atoms with Crippen molar-refractivity contribution in [1.29, 1.82) is 0 Å². The molecule has 0 spiro atoms. The summed E-state index contributed by atoms with van der Waals surface area (Å²) < 4.78 is 3.28. The van der Waals surface area contributed by atoms with Crippen LogP contribution in [0.1, 0.15) is 5.69 Å². The Balaban J connectivity index is 1.81. The Kier molecular flexibility index (Phi) is 3.30. The molecule has 0 radical (unpaired) electrons.